The lowest BCUT2D eigenvalue weighted by atomic mass is 10.0. The monoisotopic (exact) mass is 325 g/mol. The van der Waals surface area contributed by atoms with Gasteiger partial charge in [0.2, 0.25) is 0 Å². The fraction of sp³-hybridized carbons (Fsp3) is 0.550. The Morgan fingerprint density at radius 1 is 1.21 bits per heavy atom. The predicted octanol–water partition coefficient (Wildman–Crippen LogP) is 3.23. The maximum absolute atomic E-state index is 5.89. The van der Waals surface area contributed by atoms with Crippen LogP contribution in [0.3, 0.4) is 0 Å². The first-order valence-corrected chi connectivity index (χ1v) is 9.21. The van der Waals surface area contributed by atoms with Crippen molar-refractivity contribution < 1.29 is 4.74 Å². The van der Waals surface area contributed by atoms with Crippen LogP contribution in [-0.2, 0) is 4.74 Å². The average molecular weight is 325 g/mol. The Bertz CT molecular complexity index is 715. The number of anilines is 1. The van der Waals surface area contributed by atoms with Gasteiger partial charge in [0, 0.05) is 31.1 Å². The fourth-order valence-electron chi connectivity index (χ4n) is 4.22. The number of piperazine rings is 1. The average Bonchev–Trinajstić information content (AvgIpc) is 2.62. The summed E-state index contributed by atoms with van der Waals surface area (Å²) in [4.78, 5) is 10.0. The molecule has 3 heterocycles. The van der Waals surface area contributed by atoms with E-state index in [4.69, 9.17) is 9.72 Å². The van der Waals surface area contributed by atoms with Crippen molar-refractivity contribution in [2.24, 2.45) is 0 Å². The smallest absolute Gasteiger partial charge is 0.129 e. The number of aromatic nitrogens is 1. The molecule has 2 aliphatic heterocycles. The summed E-state index contributed by atoms with van der Waals surface area (Å²) in [5.41, 5.74) is 2.40. The summed E-state index contributed by atoms with van der Waals surface area (Å²) < 4.78 is 5.89. The standard InChI is InChI=1S/C20H27N3O/c1-3-6-16-13-24-14-17-12-22(9-10-23(16)17)20-11-15(2)18-7-4-5-8-19(18)21-20/h4-5,7-8,11,16-17H,3,6,9-10,12-14H2,1-2H3/t16-,17+/m0/s1. The number of nitrogens with zero attached hydrogens (tertiary/aromatic N) is 3. The van der Waals surface area contributed by atoms with E-state index in [1.807, 2.05) is 0 Å². The molecule has 128 valence electrons. The van der Waals surface area contributed by atoms with Crippen molar-refractivity contribution in [2.75, 3.05) is 37.7 Å². The molecule has 2 saturated heterocycles. The van der Waals surface area contributed by atoms with Crippen molar-refractivity contribution in [1.82, 2.24) is 9.88 Å². The molecule has 0 unspecified atom stereocenters. The van der Waals surface area contributed by atoms with Gasteiger partial charge in [-0.05, 0) is 31.0 Å². The van der Waals surface area contributed by atoms with E-state index in [2.05, 4.69) is 54.0 Å². The number of rotatable bonds is 3. The first kappa shape index (κ1) is 15.9. The van der Waals surface area contributed by atoms with E-state index in [1.54, 1.807) is 0 Å². The van der Waals surface area contributed by atoms with E-state index in [-0.39, 0.29) is 0 Å². The van der Waals surface area contributed by atoms with Crippen molar-refractivity contribution in [3.63, 3.8) is 0 Å². The third-order valence-corrected chi connectivity index (χ3v) is 5.47. The summed E-state index contributed by atoms with van der Waals surface area (Å²) in [6.45, 7) is 9.39. The largest absolute Gasteiger partial charge is 0.378 e. The minimum atomic E-state index is 0.498. The molecule has 0 saturated carbocycles. The van der Waals surface area contributed by atoms with E-state index >= 15 is 0 Å². The van der Waals surface area contributed by atoms with E-state index < -0.39 is 0 Å². The number of benzene rings is 1. The van der Waals surface area contributed by atoms with Gasteiger partial charge in [0.15, 0.2) is 0 Å². The summed E-state index contributed by atoms with van der Waals surface area (Å²) in [5, 5.41) is 1.25. The second-order valence-electron chi connectivity index (χ2n) is 7.13. The molecule has 0 spiro atoms. The first-order valence-electron chi connectivity index (χ1n) is 9.21. The van der Waals surface area contributed by atoms with Gasteiger partial charge >= 0.3 is 0 Å². The highest BCUT2D eigenvalue weighted by molar-refractivity contribution is 5.83. The van der Waals surface area contributed by atoms with E-state index in [9.17, 15) is 0 Å². The van der Waals surface area contributed by atoms with Crippen LogP contribution < -0.4 is 4.90 Å². The Morgan fingerprint density at radius 3 is 2.96 bits per heavy atom. The normalized spacial score (nSPS) is 25.0. The number of fused-ring (bicyclic) bond motifs is 2. The molecule has 2 aromatic rings. The zero-order chi connectivity index (χ0) is 16.5. The molecule has 0 amide bonds. The molecular weight excluding hydrogens is 298 g/mol. The molecule has 0 aliphatic carbocycles. The maximum atomic E-state index is 5.89. The molecule has 4 heteroatoms. The molecule has 4 rings (SSSR count). The van der Waals surface area contributed by atoms with Crippen molar-refractivity contribution >= 4 is 16.7 Å². The SMILES string of the molecule is CCC[C@H]1COC[C@H]2CN(c3cc(C)c4ccccc4n3)CCN12. The Labute approximate surface area is 144 Å². The highest BCUT2D eigenvalue weighted by Gasteiger charge is 2.35. The Kier molecular flexibility index (Phi) is 4.42. The summed E-state index contributed by atoms with van der Waals surface area (Å²) in [5.74, 6) is 1.11. The highest BCUT2D eigenvalue weighted by atomic mass is 16.5. The topological polar surface area (TPSA) is 28.6 Å². The predicted molar refractivity (Wildman–Crippen MR) is 98.7 cm³/mol. The lowest BCUT2D eigenvalue weighted by Gasteiger charge is -2.48. The third-order valence-electron chi connectivity index (χ3n) is 5.47. The zero-order valence-electron chi connectivity index (χ0n) is 14.7. The summed E-state index contributed by atoms with van der Waals surface area (Å²) >= 11 is 0. The lowest BCUT2D eigenvalue weighted by molar-refractivity contribution is -0.0558. The number of aryl methyl sites for hydroxylation is 1. The molecule has 2 aliphatic rings. The fourth-order valence-corrected chi connectivity index (χ4v) is 4.22. The van der Waals surface area contributed by atoms with Crippen LogP contribution in [0.5, 0.6) is 0 Å². The Hall–Kier alpha value is -1.65. The van der Waals surface area contributed by atoms with Gasteiger partial charge in [-0.25, -0.2) is 4.98 Å². The number of hydrogen-bond donors (Lipinski definition) is 0. The molecule has 2 fully saturated rings. The van der Waals surface area contributed by atoms with Gasteiger partial charge in [-0.3, -0.25) is 4.90 Å². The van der Waals surface area contributed by atoms with Gasteiger partial charge in [0.05, 0.1) is 24.8 Å². The molecule has 0 N–H and O–H groups in total. The molecule has 1 aromatic carbocycles. The number of hydrogen-bond acceptors (Lipinski definition) is 4. The van der Waals surface area contributed by atoms with Crippen LogP contribution in [0, 0.1) is 6.92 Å². The molecule has 2 atom stereocenters. The van der Waals surface area contributed by atoms with Crippen LogP contribution >= 0.6 is 0 Å². The molecule has 4 nitrogen and oxygen atoms in total. The van der Waals surface area contributed by atoms with Crippen LogP contribution in [-0.4, -0.2) is 54.8 Å². The van der Waals surface area contributed by atoms with Crippen molar-refractivity contribution in [1.29, 1.82) is 0 Å². The van der Waals surface area contributed by atoms with E-state index in [0.717, 1.165) is 44.2 Å². The van der Waals surface area contributed by atoms with Gasteiger partial charge in [-0.1, -0.05) is 31.5 Å². The van der Waals surface area contributed by atoms with Crippen molar-refractivity contribution in [2.45, 2.75) is 38.8 Å². The molecule has 0 bridgehead atoms. The minimum absolute atomic E-state index is 0.498. The third kappa shape index (κ3) is 2.89. The van der Waals surface area contributed by atoms with E-state index in [0.29, 0.717) is 12.1 Å². The van der Waals surface area contributed by atoms with Gasteiger partial charge in [-0.15, -0.1) is 0 Å². The van der Waals surface area contributed by atoms with Gasteiger partial charge < -0.3 is 9.64 Å². The van der Waals surface area contributed by atoms with Gasteiger partial charge in [-0.2, -0.15) is 0 Å². The number of ether oxygens (including phenoxy) is 1. The van der Waals surface area contributed by atoms with Crippen LogP contribution in [0.15, 0.2) is 30.3 Å². The van der Waals surface area contributed by atoms with Crippen LogP contribution in [0.1, 0.15) is 25.3 Å². The van der Waals surface area contributed by atoms with Crippen molar-refractivity contribution in [3.8, 4) is 0 Å². The van der Waals surface area contributed by atoms with Crippen LogP contribution in [0.25, 0.3) is 10.9 Å². The summed E-state index contributed by atoms with van der Waals surface area (Å²) in [6.07, 6.45) is 2.47. The van der Waals surface area contributed by atoms with Crippen molar-refractivity contribution in [3.05, 3.63) is 35.9 Å². The zero-order valence-corrected chi connectivity index (χ0v) is 14.7. The molecule has 24 heavy (non-hydrogen) atoms. The molecule has 0 radical (unpaired) electrons. The maximum Gasteiger partial charge on any atom is 0.129 e. The summed E-state index contributed by atoms with van der Waals surface area (Å²) in [6, 6.07) is 11.8. The minimum Gasteiger partial charge on any atom is -0.378 e. The number of pyridine rings is 1. The second-order valence-corrected chi connectivity index (χ2v) is 7.13. The molecular formula is C20H27N3O. The number of morpholine rings is 1. The van der Waals surface area contributed by atoms with Gasteiger partial charge in [0.25, 0.3) is 0 Å². The second kappa shape index (κ2) is 6.69. The Morgan fingerprint density at radius 2 is 2.08 bits per heavy atom. The number of para-hydroxylation sites is 1. The van der Waals surface area contributed by atoms with Crippen LogP contribution in [0.2, 0.25) is 0 Å². The lowest BCUT2D eigenvalue weighted by Crippen LogP contribution is -2.62. The highest BCUT2D eigenvalue weighted by Crippen LogP contribution is 2.27. The van der Waals surface area contributed by atoms with Gasteiger partial charge in [0.1, 0.15) is 5.82 Å². The first-order chi connectivity index (χ1) is 11.8. The van der Waals surface area contributed by atoms with Crippen LogP contribution in [0.4, 0.5) is 5.82 Å². The quantitative estimate of drug-likeness (QED) is 0.866. The van der Waals surface area contributed by atoms with E-state index in [1.165, 1.54) is 23.8 Å². The molecule has 1 aromatic heterocycles. The summed E-state index contributed by atoms with van der Waals surface area (Å²) in [7, 11) is 0. The Balaban J connectivity index is 1.56.